The molecule has 8 nitrogen and oxygen atoms in total. The molecule has 2 saturated heterocycles. The van der Waals surface area contributed by atoms with Crippen molar-refractivity contribution in [2.75, 3.05) is 24.5 Å². The van der Waals surface area contributed by atoms with Gasteiger partial charge in [-0.05, 0) is 66.1 Å². The van der Waals surface area contributed by atoms with Gasteiger partial charge in [0.05, 0.1) is 24.8 Å². The van der Waals surface area contributed by atoms with Crippen molar-refractivity contribution < 1.29 is 21.2 Å². The molecular formula is C31H35N5O3. The number of rotatable bonds is 6. The minimum Gasteiger partial charge on any atom is -0.303 e. The molecule has 4 heterocycles. The number of nitrogens with one attached hydrogen (secondary N) is 1. The summed E-state index contributed by atoms with van der Waals surface area (Å²) in [6.07, 6.45) is 9.79. The SMILES string of the molecule is [2H]c1c([2H])c2c3c(c([2H])c([2H])c(Cc4cnn(C5CCN(CC6(C)CCC6)CC5)c4)c3c1[2H])N(C1CCC(=O)NC1=O)C2=O. The van der Waals surface area contributed by atoms with Crippen LogP contribution in [0.4, 0.5) is 5.69 Å². The van der Waals surface area contributed by atoms with Gasteiger partial charge in [0.25, 0.3) is 5.91 Å². The lowest BCUT2D eigenvalue weighted by molar-refractivity contribution is -0.134. The van der Waals surface area contributed by atoms with Crippen LogP contribution in [-0.4, -0.2) is 58.1 Å². The molecule has 1 saturated carbocycles. The maximum Gasteiger partial charge on any atom is 0.259 e. The van der Waals surface area contributed by atoms with Gasteiger partial charge in [-0.25, -0.2) is 0 Å². The van der Waals surface area contributed by atoms with Crippen molar-refractivity contribution in [1.29, 1.82) is 0 Å². The van der Waals surface area contributed by atoms with Crippen LogP contribution in [0.25, 0.3) is 10.8 Å². The van der Waals surface area contributed by atoms with Crippen molar-refractivity contribution in [3.8, 4) is 0 Å². The fourth-order valence-corrected chi connectivity index (χ4v) is 6.74. The van der Waals surface area contributed by atoms with E-state index in [2.05, 4.69) is 22.2 Å². The molecule has 0 radical (unpaired) electrons. The van der Waals surface area contributed by atoms with E-state index >= 15 is 0 Å². The average Bonchev–Trinajstić information content (AvgIpc) is 3.56. The summed E-state index contributed by atoms with van der Waals surface area (Å²) in [5, 5.41) is 7.20. The van der Waals surface area contributed by atoms with Crippen LogP contribution in [0.3, 0.4) is 0 Å². The molecule has 3 aromatic rings. The lowest BCUT2D eigenvalue weighted by Gasteiger charge is -2.44. The lowest BCUT2D eigenvalue weighted by Crippen LogP contribution is -2.53. The zero-order chi connectivity index (χ0) is 31.1. The van der Waals surface area contributed by atoms with Crippen LogP contribution in [-0.2, 0) is 16.0 Å². The van der Waals surface area contributed by atoms with E-state index < -0.39 is 35.8 Å². The number of anilines is 1. The summed E-state index contributed by atoms with van der Waals surface area (Å²) in [5.41, 5.74) is 1.40. The Morgan fingerprint density at radius 1 is 1.10 bits per heavy atom. The Morgan fingerprint density at radius 3 is 2.67 bits per heavy atom. The third-order valence-electron chi connectivity index (χ3n) is 9.07. The highest BCUT2D eigenvalue weighted by molar-refractivity contribution is 6.27. The minimum atomic E-state index is -1.10. The molecule has 1 aromatic heterocycles. The van der Waals surface area contributed by atoms with E-state index in [1.807, 2.05) is 10.9 Å². The van der Waals surface area contributed by atoms with E-state index in [0.29, 0.717) is 11.0 Å². The second-order valence-electron chi connectivity index (χ2n) is 11.9. The van der Waals surface area contributed by atoms with Gasteiger partial charge in [-0.1, -0.05) is 31.5 Å². The highest BCUT2D eigenvalue weighted by atomic mass is 16.2. The smallest absolute Gasteiger partial charge is 0.259 e. The average molecular weight is 531 g/mol. The fourth-order valence-electron chi connectivity index (χ4n) is 6.74. The van der Waals surface area contributed by atoms with Gasteiger partial charge in [0.2, 0.25) is 11.8 Å². The molecule has 4 aliphatic rings. The molecule has 3 fully saturated rings. The minimum absolute atomic E-state index is 0.00232. The summed E-state index contributed by atoms with van der Waals surface area (Å²) in [7, 11) is 0. The number of nitrogens with zero attached hydrogens (tertiary/aromatic N) is 4. The van der Waals surface area contributed by atoms with E-state index in [1.54, 1.807) is 6.20 Å². The maximum absolute atomic E-state index is 13.8. The Balaban J connectivity index is 1.22. The van der Waals surface area contributed by atoms with Gasteiger partial charge < -0.3 is 4.90 Å². The number of aromatic nitrogens is 2. The first kappa shape index (κ1) is 19.5. The summed E-state index contributed by atoms with van der Waals surface area (Å²) < 4.78 is 45.7. The molecule has 3 aliphatic heterocycles. The highest BCUT2D eigenvalue weighted by Crippen LogP contribution is 2.42. The molecule has 39 heavy (non-hydrogen) atoms. The van der Waals surface area contributed by atoms with Crippen molar-refractivity contribution in [3.63, 3.8) is 0 Å². The number of amides is 3. The third kappa shape index (κ3) is 4.25. The molecule has 8 heteroatoms. The Morgan fingerprint density at radius 2 is 1.92 bits per heavy atom. The monoisotopic (exact) mass is 530 g/mol. The van der Waals surface area contributed by atoms with Crippen molar-refractivity contribution in [2.24, 2.45) is 5.41 Å². The Labute approximate surface area is 235 Å². The van der Waals surface area contributed by atoms with Gasteiger partial charge >= 0.3 is 0 Å². The quantitative estimate of drug-likeness (QED) is 0.482. The van der Waals surface area contributed by atoms with Crippen molar-refractivity contribution in [2.45, 2.75) is 70.4 Å². The van der Waals surface area contributed by atoms with Crippen LogP contribution in [0.1, 0.15) is 86.3 Å². The third-order valence-corrected chi connectivity index (χ3v) is 9.07. The summed E-state index contributed by atoms with van der Waals surface area (Å²) in [4.78, 5) is 42.0. The van der Waals surface area contributed by atoms with Gasteiger partial charge in [0.15, 0.2) is 0 Å². The van der Waals surface area contributed by atoms with Crippen LogP contribution in [0, 0.1) is 5.41 Å². The fraction of sp³-hybridized carbons (Fsp3) is 0.484. The summed E-state index contributed by atoms with van der Waals surface area (Å²) >= 11 is 0. The van der Waals surface area contributed by atoms with Crippen molar-refractivity contribution in [3.05, 3.63) is 59.3 Å². The van der Waals surface area contributed by atoms with Gasteiger partial charge in [-0.15, -0.1) is 0 Å². The van der Waals surface area contributed by atoms with E-state index in [-0.39, 0.29) is 65.5 Å². The summed E-state index contributed by atoms with van der Waals surface area (Å²) in [6, 6.07) is -2.54. The number of hydrogen-bond acceptors (Lipinski definition) is 5. The van der Waals surface area contributed by atoms with E-state index in [1.165, 1.54) is 19.3 Å². The predicted molar refractivity (Wildman–Crippen MR) is 149 cm³/mol. The van der Waals surface area contributed by atoms with Gasteiger partial charge in [-0.3, -0.25) is 29.3 Å². The van der Waals surface area contributed by atoms with Crippen LogP contribution in [0.5, 0.6) is 0 Å². The number of carbonyl (C=O) groups is 3. The molecule has 1 atom stereocenters. The van der Waals surface area contributed by atoms with Crippen LogP contribution in [0.15, 0.2) is 42.6 Å². The second-order valence-corrected chi connectivity index (χ2v) is 11.9. The normalized spacial score (nSPS) is 25.2. The summed E-state index contributed by atoms with van der Waals surface area (Å²) in [5.74, 6) is -1.88. The first-order valence-electron chi connectivity index (χ1n) is 16.5. The zero-order valence-corrected chi connectivity index (χ0v) is 22.1. The van der Waals surface area contributed by atoms with E-state index in [4.69, 9.17) is 6.85 Å². The Kier molecular flexibility index (Phi) is 4.65. The molecule has 7 rings (SSSR count). The Hall–Kier alpha value is -3.52. The van der Waals surface area contributed by atoms with Crippen molar-refractivity contribution in [1.82, 2.24) is 20.0 Å². The van der Waals surface area contributed by atoms with Gasteiger partial charge in [-0.2, -0.15) is 5.10 Å². The first-order valence-corrected chi connectivity index (χ1v) is 14.0. The standard InChI is InChI=1S/C31H35N5O3/c1-31(12-3-13-31)19-34-14-10-22(11-15-34)35-18-20(17-32-35)16-21-6-7-25-28-23(21)4-2-5-24(28)30(39)36(25)26-8-9-27(37)33-29(26)38/h2,4-7,17-18,22,26H,3,8-16,19H2,1H3,(H,33,37,38)/i2D,4D,5D,6D,7D. The maximum atomic E-state index is 13.8. The van der Waals surface area contributed by atoms with Crippen molar-refractivity contribution >= 4 is 34.2 Å². The number of likely N-dealkylation sites (tertiary alicyclic amines) is 1. The molecule has 1 N–H and O–H groups in total. The van der Waals surface area contributed by atoms with Crippen LogP contribution in [0.2, 0.25) is 0 Å². The molecular weight excluding hydrogens is 490 g/mol. The lowest BCUT2D eigenvalue weighted by atomic mass is 9.70. The number of carbonyl (C=O) groups excluding carboxylic acids is 3. The molecule has 202 valence electrons. The molecule has 0 spiro atoms. The van der Waals surface area contributed by atoms with Gasteiger partial charge in [0, 0.05) is 49.6 Å². The predicted octanol–water partition coefficient (Wildman–Crippen LogP) is 4.22. The molecule has 2 aromatic carbocycles. The number of benzene rings is 2. The highest BCUT2D eigenvalue weighted by Gasteiger charge is 2.41. The number of piperidine rings is 2. The zero-order valence-electron chi connectivity index (χ0n) is 27.1. The molecule has 3 amide bonds. The van der Waals surface area contributed by atoms with E-state index in [0.717, 1.165) is 42.9 Å². The van der Waals surface area contributed by atoms with E-state index in [9.17, 15) is 14.4 Å². The second kappa shape index (κ2) is 9.30. The number of hydrogen-bond donors (Lipinski definition) is 1. The first-order chi connectivity index (χ1) is 21.0. The Bertz CT molecular complexity index is 1740. The molecule has 1 unspecified atom stereocenters. The van der Waals surface area contributed by atoms with Crippen LogP contribution >= 0.6 is 0 Å². The summed E-state index contributed by atoms with van der Waals surface area (Å²) in [6.45, 7) is 5.56. The number of imide groups is 1. The molecule has 0 bridgehead atoms. The topological polar surface area (TPSA) is 87.5 Å². The molecule has 1 aliphatic carbocycles. The van der Waals surface area contributed by atoms with Gasteiger partial charge in [0.1, 0.15) is 6.04 Å². The largest absolute Gasteiger partial charge is 0.303 e. The van der Waals surface area contributed by atoms with Crippen LogP contribution < -0.4 is 10.2 Å².